The molecule has 0 amide bonds. The highest BCUT2D eigenvalue weighted by atomic mass is 32.1. The topological polar surface area (TPSA) is 15.3 Å². The Morgan fingerprint density at radius 1 is 1.37 bits per heavy atom. The standard InChI is InChI=1S/C16H26N2S/c1-13(2)6-9-18-10-7-15(8-11-18)17-12-16-5-4-14(3)19-16/h4-6,15,17H,7-12H2,1-3H3. The van der Waals surface area contributed by atoms with Crippen LogP contribution in [0.3, 0.4) is 0 Å². The number of hydrogen-bond acceptors (Lipinski definition) is 3. The highest BCUT2D eigenvalue weighted by Gasteiger charge is 2.17. The number of thiophene rings is 1. The fraction of sp³-hybridized carbons (Fsp3) is 0.625. The van der Waals surface area contributed by atoms with Crippen molar-refractivity contribution in [1.29, 1.82) is 0 Å². The molecule has 1 aliphatic heterocycles. The summed E-state index contributed by atoms with van der Waals surface area (Å²) in [5.41, 5.74) is 1.42. The Balaban J connectivity index is 1.67. The molecule has 0 aliphatic carbocycles. The van der Waals surface area contributed by atoms with E-state index < -0.39 is 0 Å². The predicted octanol–water partition coefficient (Wildman–Crippen LogP) is 3.58. The first kappa shape index (κ1) is 14.8. The van der Waals surface area contributed by atoms with Gasteiger partial charge in [0.15, 0.2) is 0 Å². The molecule has 2 nitrogen and oxygen atoms in total. The van der Waals surface area contributed by atoms with Crippen LogP contribution in [0.1, 0.15) is 36.4 Å². The lowest BCUT2D eigenvalue weighted by Gasteiger charge is -2.31. The Morgan fingerprint density at radius 2 is 2.11 bits per heavy atom. The normalized spacial score (nSPS) is 17.6. The quantitative estimate of drug-likeness (QED) is 0.828. The Kier molecular flexibility index (Phi) is 5.61. The zero-order chi connectivity index (χ0) is 13.7. The minimum absolute atomic E-state index is 0.699. The lowest BCUT2D eigenvalue weighted by atomic mass is 10.0. The number of hydrogen-bond donors (Lipinski definition) is 1. The number of rotatable bonds is 5. The van der Waals surface area contributed by atoms with Crippen molar-refractivity contribution in [3.8, 4) is 0 Å². The van der Waals surface area contributed by atoms with Crippen LogP contribution >= 0.6 is 11.3 Å². The molecule has 1 saturated heterocycles. The number of piperidine rings is 1. The second kappa shape index (κ2) is 7.22. The van der Waals surface area contributed by atoms with Crippen LogP contribution < -0.4 is 5.32 Å². The van der Waals surface area contributed by atoms with E-state index in [2.05, 4.69) is 49.2 Å². The number of nitrogens with zero attached hydrogens (tertiary/aromatic N) is 1. The van der Waals surface area contributed by atoms with E-state index in [1.165, 1.54) is 41.3 Å². The van der Waals surface area contributed by atoms with Crippen LogP contribution in [-0.4, -0.2) is 30.6 Å². The number of aryl methyl sites for hydroxylation is 1. The molecule has 1 aromatic heterocycles. The molecule has 0 saturated carbocycles. The van der Waals surface area contributed by atoms with Crippen molar-refractivity contribution in [1.82, 2.24) is 10.2 Å². The van der Waals surface area contributed by atoms with E-state index in [9.17, 15) is 0 Å². The van der Waals surface area contributed by atoms with Crippen LogP contribution in [-0.2, 0) is 6.54 Å². The number of nitrogens with one attached hydrogen (secondary N) is 1. The molecule has 0 radical (unpaired) electrons. The Hall–Kier alpha value is -0.640. The summed E-state index contributed by atoms with van der Waals surface area (Å²) >= 11 is 1.91. The van der Waals surface area contributed by atoms with Crippen LogP contribution in [0.5, 0.6) is 0 Å². The third-order valence-electron chi connectivity index (χ3n) is 3.71. The van der Waals surface area contributed by atoms with E-state index in [0.29, 0.717) is 6.04 Å². The molecule has 1 N–H and O–H groups in total. The second-order valence-electron chi connectivity index (χ2n) is 5.75. The zero-order valence-corrected chi connectivity index (χ0v) is 13.2. The van der Waals surface area contributed by atoms with Crippen LogP contribution in [0, 0.1) is 6.92 Å². The predicted molar refractivity (Wildman–Crippen MR) is 84.8 cm³/mol. The molecule has 0 aromatic carbocycles. The van der Waals surface area contributed by atoms with Crippen molar-refractivity contribution >= 4 is 11.3 Å². The average molecular weight is 278 g/mol. The summed E-state index contributed by atoms with van der Waals surface area (Å²) in [6, 6.07) is 5.16. The van der Waals surface area contributed by atoms with Gasteiger partial charge in [0, 0.05) is 28.9 Å². The average Bonchev–Trinajstić information content (AvgIpc) is 2.81. The maximum Gasteiger partial charge on any atom is 0.0302 e. The van der Waals surface area contributed by atoms with E-state index in [1.54, 1.807) is 0 Å². The smallest absolute Gasteiger partial charge is 0.0302 e. The molecular formula is C16H26N2S. The van der Waals surface area contributed by atoms with E-state index in [-0.39, 0.29) is 0 Å². The highest BCUT2D eigenvalue weighted by molar-refractivity contribution is 7.11. The summed E-state index contributed by atoms with van der Waals surface area (Å²) in [7, 11) is 0. The van der Waals surface area contributed by atoms with Gasteiger partial charge >= 0.3 is 0 Å². The maximum absolute atomic E-state index is 3.70. The molecule has 19 heavy (non-hydrogen) atoms. The van der Waals surface area contributed by atoms with Crippen molar-refractivity contribution in [3.63, 3.8) is 0 Å². The summed E-state index contributed by atoms with van der Waals surface area (Å²) < 4.78 is 0. The minimum atomic E-state index is 0.699. The number of allylic oxidation sites excluding steroid dienone is 1. The summed E-state index contributed by atoms with van der Waals surface area (Å²) in [5.74, 6) is 0. The van der Waals surface area contributed by atoms with Gasteiger partial charge in [-0.25, -0.2) is 0 Å². The third-order valence-corrected chi connectivity index (χ3v) is 4.71. The van der Waals surface area contributed by atoms with Crippen LogP contribution in [0.4, 0.5) is 0 Å². The lowest BCUT2D eigenvalue weighted by molar-refractivity contribution is 0.214. The summed E-state index contributed by atoms with van der Waals surface area (Å²) in [4.78, 5) is 5.43. The van der Waals surface area contributed by atoms with Crippen LogP contribution in [0.25, 0.3) is 0 Å². The van der Waals surface area contributed by atoms with Crippen molar-refractivity contribution < 1.29 is 0 Å². The van der Waals surface area contributed by atoms with Crippen molar-refractivity contribution in [2.24, 2.45) is 0 Å². The molecule has 1 aliphatic rings. The summed E-state index contributed by atoms with van der Waals surface area (Å²) in [6.07, 6.45) is 4.89. The molecule has 3 heteroatoms. The second-order valence-corrected chi connectivity index (χ2v) is 7.12. The first-order chi connectivity index (χ1) is 9.13. The molecule has 0 bridgehead atoms. The van der Waals surface area contributed by atoms with E-state index in [4.69, 9.17) is 0 Å². The monoisotopic (exact) mass is 278 g/mol. The molecule has 2 rings (SSSR count). The van der Waals surface area contributed by atoms with Gasteiger partial charge in [0.25, 0.3) is 0 Å². The van der Waals surface area contributed by atoms with E-state index in [1.807, 2.05) is 11.3 Å². The summed E-state index contributed by atoms with van der Waals surface area (Å²) in [5, 5.41) is 3.70. The highest BCUT2D eigenvalue weighted by Crippen LogP contribution is 2.16. The molecule has 0 spiro atoms. The fourth-order valence-electron chi connectivity index (χ4n) is 2.46. The number of likely N-dealkylation sites (tertiary alicyclic amines) is 1. The van der Waals surface area contributed by atoms with Gasteiger partial charge in [-0.05, 0) is 58.8 Å². The molecule has 2 heterocycles. The minimum Gasteiger partial charge on any atom is -0.309 e. The van der Waals surface area contributed by atoms with Gasteiger partial charge in [0.2, 0.25) is 0 Å². The van der Waals surface area contributed by atoms with Gasteiger partial charge in [-0.15, -0.1) is 11.3 Å². The van der Waals surface area contributed by atoms with Gasteiger partial charge in [-0.2, -0.15) is 0 Å². The molecule has 1 aromatic rings. The van der Waals surface area contributed by atoms with Crippen LogP contribution in [0.2, 0.25) is 0 Å². The first-order valence-corrected chi connectivity index (χ1v) is 8.09. The van der Waals surface area contributed by atoms with Crippen molar-refractivity contribution in [3.05, 3.63) is 33.5 Å². The van der Waals surface area contributed by atoms with E-state index in [0.717, 1.165) is 13.1 Å². The lowest BCUT2D eigenvalue weighted by Crippen LogP contribution is -2.42. The zero-order valence-electron chi connectivity index (χ0n) is 12.4. The van der Waals surface area contributed by atoms with Crippen molar-refractivity contribution in [2.75, 3.05) is 19.6 Å². The summed E-state index contributed by atoms with van der Waals surface area (Å²) in [6.45, 7) is 11.1. The molecular weight excluding hydrogens is 252 g/mol. The van der Waals surface area contributed by atoms with Gasteiger partial charge < -0.3 is 5.32 Å². The Bertz CT molecular complexity index is 410. The maximum atomic E-state index is 3.70. The fourth-order valence-corrected chi connectivity index (χ4v) is 3.30. The first-order valence-electron chi connectivity index (χ1n) is 7.28. The molecule has 106 valence electrons. The molecule has 0 unspecified atom stereocenters. The van der Waals surface area contributed by atoms with Gasteiger partial charge in [0.1, 0.15) is 0 Å². The largest absolute Gasteiger partial charge is 0.309 e. The SMILES string of the molecule is CC(C)=CCN1CCC(NCc2ccc(C)s2)CC1. The van der Waals surface area contributed by atoms with Gasteiger partial charge in [-0.3, -0.25) is 4.90 Å². The van der Waals surface area contributed by atoms with Gasteiger partial charge in [0.05, 0.1) is 0 Å². The molecule has 0 atom stereocenters. The Labute approximate surface area is 121 Å². The van der Waals surface area contributed by atoms with Gasteiger partial charge in [-0.1, -0.05) is 11.6 Å². The van der Waals surface area contributed by atoms with Crippen LogP contribution in [0.15, 0.2) is 23.8 Å². The van der Waals surface area contributed by atoms with Crippen molar-refractivity contribution in [2.45, 2.75) is 46.2 Å². The molecule has 1 fully saturated rings. The third kappa shape index (κ3) is 5.09. The Morgan fingerprint density at radius 3 is 2.68 bits per heavy atom. The van der Waals surface area contributed by atoms with E-state index >= 15 is 0 Å².